The largest absolute Gasteiger partial charge is 0.0775 e. The van der Waals surface area contributed by atoms with Crippen LogP contribution in [0.4, 0.5) is 0 Å². The van der Waals surface area contributed by atoms with E-state index in [4.69, 9.17) is 0 Å². The zero-order chi connectivity index (χ0) is 28.7. The molecule has 0 bridgehead atoms. The van der Waals surface area contributed by atoms with E-state index in [9.17, 15) is 0 Å². The Morgan fingerprint density at radius 2 is 0.690 bits per heavy atom. The minimum absolute atomic E-state index is 1.23. The molecule has 7 aromatic carbocycles. The third-order valence-corrected chi connectivity index (χ3v) is 10.5. The highest BCUT2D eigenvalue weighted by molar-refractivity contribution is 6.88. The Bertz CT molecular complexity index is 2010. The fourth-order valence-electron chi connectivity index (χ4n) is 6.21. The van der Waals surface area contributed by atoms with Crippen LogP contribution < -0.4 is 5.19 Å². The smallest absolute Gasteiger partial charge is 0.0656 e. The average Bonchev–Trinajstić information content (AvgIpc) is 3.04. The van der Waals surface area contributed by atoms with Gasteiger partial charge in [0.05, 0.1) is 8.07 Å². The minimum atomic E-state index is -1.32. The predicted octanol–water partition coefficient (Wildman–Crippen LogP) is 11.2. The molecule has 0 unspecified atom stereocenters. The molecular weight excluding hydrogens is 521 g/mol. The molecule has 202 valence electrons. The first-order valence-electron chi connectivity index (χ1n) is 14.8. The van der Waals surface area contributed by atoms with Gasteiger partial charge in [0.2, 0.25) is 0 Å². The van der Waals surface area contributed by atoms with Crippen LogP contribution in [0.15, 0.2) is 152 Å². The van der Waals surface area contributed by atoms with Gasteiger partial charge in [0.15, 0.2) is 0 Å². The highest BCUT2D eigenvalue weighted by Gasteiger charge is 2.18. The van der Waals surface area contributed by atoms with Gasteiger partial charge in [0.1, 0.15) is 0 Å². The monoisotopic (exact) mass is 554 g/mol. The summed E-state index contributed by atoms with van der Waals surface area (Å²) in [5, 5.41) is 6.61. The number of fused-ring (bicyclic) bond motifs is 2. The lowest BCUT2D eigenvalue weighted by Gasteiger charge is -2.19. The van der Waals surface area contributed by atoms with Gasteiger partial charge in [-0.15, -0.1) is 0 Å². The Morgan fingerprint density at radius 1 is 0.310 bits per heavy atom. The zero-order valence-electron chi connectivity index (χ0n) is 24.4. The fourth-order valence-corrected chi connectivity index (χ4v) is 7.37. The molecule has 0 aliphatic carbocycles. The number of rotatable bonds is 5. The quantitative estimate of drug-likeness (QED) is 0.147. The van der Waals surface area contributed by atoms with Crippen LogP contribution in [0, 0.1) is 0 Å². The van der Waals surface area contributed by atoms with Gasteiger partial charge in [-0.3, -0.25) is 0 Å². The molecule has 0 N–H and O–H groups in total. The summed E-state index contributed by atoms with van der Waals surface area (Å²) < 4.78 is 0. The maximum atomic E-state index is 2.40. The Hall–Kier alpha value is -4.72. The fraction of sp³-hybridized carbons (Fsp3) is 0.0732. The lowest BCUT2D eigenvalue weighted by molar-refractivity contribution is 1.60. The van der Waals surface area contributed by atoms with Crippen molar-refractivity contribution in [3.05, 3.63) is 152 Å². The average molecular weight is 555 g/mol. The molecule has 0 saturated carbocycles. The molecule has 0 aliphatic heterocycles. The van der Waals surface area contributed by atoms with Crippen molar-refractivity contribution in [1.29, 1.82) is 0 Å². The SMILES string of the molecule is C[Si](C)(C)c1ccc(-c2ccc(-c3c4ccccc4c(-c4ccccc4)c4cc(-c5ccccc5)ccc34)cc2)cc1. The Morgan fingerprint density at radius 3 is 1.26 bits per heavy atom. The van der Waals surface area contributed by atoms with E-state index in [1.165, 1.54) is 71.2 Å². The summed E-state index contributed by atoms with van der Waals surface area (Å²) >= 11 is 0. The first kappa shape index (κ1) is 26.2. The Balaban J connectivity index is 1.44. The van der Waals surface area contributed by atoms with E-state index in [2.05, 4.69) is 171 Å². The topological polar surface area (TPSA) is 0 Å². The highest BCUT2D eigenvalue weighted by Crippen LogP contribution is 2.45. The molecule has 42 heavy (non-hydrogen) atoms. The molecule has 0 saturated heterocycles. The van der Waals surface area contributed by atoms with Crippen molar-refractivity contribution in [1.82, 2.24) is 0 Å². The van der Waals surface area contributed by atoms with E-state index < -0.39 is 8.07 Å². The first-order chi connectivity index (χ1) is 20.5. The molecule has 0 nitrogen and oxygen atoms in total. The second kappa shape index (κ2) is 10.6. The minimum Gasteiger partial charge on any atom is -0.0656 e. The molecule has 7 rings (SSSR count). The van der Waals surface area contributed by atoms with Gasteiger partial charge in [-0.25, -0.2) is 0 Å². The van der Waals surface area contributed by atoms with Crippen LogP contribution in [0.5, 0.6) is 0 Å². The van der Waals surface area contributed by atoms with Gasteiger partial charge < -0.3 is 0 Å². The molecule has 0 atom stereocenters. The lowest BCUT2D eigenvalue weighted by Crippen LogP contribution is -2.37. The van der Waals surface area contributed by atoms with Crippen molar-refractivity contribution in [3.8, 4) is 44.5 Å². The normalized spacial score (nSPS) is 11.7. The molecule has 0 amide bonds. The van der Waals surface area contributed by atoms with E-state index in [1.807, 2.05) is 0 Å². The van der Waals surface area contributed by atoms with Gasteiger partial charge in [0.25, 0.3) is 0 Å². The second-order valence-corrected chi connectivity index (χ2v) is 17.3. The predicted molar refractivity (Wildman–Crippen MR) is 186 cm³/mol. The van der Waals surface area contributed by atoms with Crippen molar-refractivity contribution in [2.75, 3.05) is 0 Å². The van der Waals surface area contributed by atoms with Crippen LogP contribution in [-0.4, -0.2) is 8.07 Å². The van der Waals surface area contributed by atoms with Gasteiger partial charge >= 0.3 is 0 Å². The summed E-state index contributed by atoms with van der Waals surface area (Å²) in [5.41, 5.74) is 10.1. The third kappa shape index (κ3) is 4.76. The Labute approximate surface area is 249 Å². The molecule has 0 spiro atoms. The Kier molecular flexibility index (Phi) is 6.61. The molecule has 0 radical (unpaired) electrons. The van der Waals surface area contributed by atoms with Crippen LogP contribution in [-0.2, 0) is 0 Å². The molecule has 1 heteroatoms. The summed E-state index contributed by atoms with van der Waals surface area (Å²) in [4.78, 5) is 0. The second-order valence-electron chi connectivity index (χ2n) is 12.2. The molecule has 0 fully saturated rings. The number of benzene rings is 7. The van der Waals surface area contributed by atoms with Gasteiger partial charge in [-0.2, -0.15) is 0 Å². The van der Waals surface area contributed by atoms with Crippen molar-refractivity contribution in [2.24, 2.45) is 0 Å². The van der Waals surface area contributed by atoms with Gasteiger partial charge in [0, 0.05) is 0 Å². The summed E-state index contributed by atoms with van der Waals surface area (Å²) in [6.07, 6.45) is 0. The van der Waals surface area contributed by atoms with Crippen molar-refractivity contribution >= 4 is 34.8 Å². The molecule has 0 aliphatic rings. The van der Waals surface area contributed by atoms with Crippen LogP contribution in [0.2, 0.25) is 19.6 Å². The maximum absolute atomic E-state index is 2.40. The van der Waals surface area contributed by atoms with Crippen molar-refractivity contribution in [2.45, 2.75) is 19.6 Å². The summed E-state index contributed by atoms with van der Waals surface area (Å²) in [6, 6.07) is 55.8. The summed E-state index contributed by atoms with van der Waals surface area (Å²) in [7, 11) is -1.32. The van der Waals surface area contributed by atoms with Gasteiger partial charge in [-0.05, 0) is 72.1 Å². The van der Waals surface area contributed by atoms with Crippen LogP contribution in [0.3, 0.4) is 0 Å². The lowest BCUT2D eigenvalue weighted by atomic mass is 9.84. The van der Waals surface area contributed by atoms with Crippen LogP contribution >= 0.6 is 0 Å². The summed E-state index contributed by atoms with van der Waals surface area (Å²) in [6.45, 7) is 7.20. The molecule has 0 aromatic heterocycles. The van der Waals surface area contributed by atoms with E-state index >= 15 is 0 Å². The molecular formula is C41H34Si. The number of hydrogen-bond donors (Lipinski definition) is 0. The maximum Gasteiger partial charge on any atom is 0.0775 e. The van der Waals surface area contributed by atoms with E-state index in [0.29, 0.717) is 0 Å². The highest BCUT2D eigenvalue weighted by atomic mass is 28.3. The standard InChI is InChI=1S/C41H34Si/c1-42(2,3)35-25-22-31(23-26-35)30-18-20-33(21-19-30)40-36-16-10-11-17-37(36)41(32-14-8-5-9-15-32)39-28-34(24-27-38(39)40)29-12-6-4-7-13-29/h4-28H,1-3H3. The number of hydrogen-bond acceptors (Lipinski definition) is 0. The van der Waals surface area contributed by atoms with Crippen molar-refractivity contribution in [3.63, 3.8) is 0 Å². The third-order valence-electron chi connectivity index (χ3n) is 8.45. The van der Waals surface area contributed by atoms with Crippen molar-refractivity contribution < 1.29 is 0 Å². The zero-order valence-corrected chi connectivity index (χ0v) is 25.4. The molecule has 0 heterocycles. The molecule has 7 aromatic rings. The van der Waals surface area contributed by atoms with Gasteiger partial charge in [-0.1, -0.05) is 170 Å². The van der Waals surface area contributed by atoms with Crippen LogP contribution in [0.25, 0.3) is 66.1 Å². The first-order valence-corrected chi connectivity index (χ1v) is 18.3. The van der Waals surface area contributed by atoms with E-state index in [0.717, 1.165) is 0 Å². The van der Waals surface area contributed by atoms with Crippen LogP contribution in [0.1, 0.15) is 0 Å². The summed E-state index contributed by atoms with van der Waals surface area (Å²) in [5.74, 6) is 0. The van der Waals surface area contributed by atoms with E-state index in [-0.39, 0.29) is 0 Å². The van der Waals surface area contributed by atoms with E-state index in [1.54, 1.807) is 0 Å².